The number of benzene rings is 5. The summed E-state index contributed by atoms with van der Waals surface area (Å²) >= 11 is 0. The maximum atomic E-state index is 15.0. The van der Waals surface area contributed by atoms with E-state index in [-0.39, 0.29) is 39.5 Å². The molecular weight excluding hydrogens is 877 g/mol. The van der Waals surface area contributed by atoms with Gasteiger partial charge in [-0.05, 0) is 75.4 Å². The molecule has 0 aliphatic carbocycles. The number of rotatable bonds is 18. The molecule has 5 aromatic carbocycles. The Morgan fingerprint density at radius 2 is 1.06 bits per heavy atom. The molecule has 0 radical (unpaired) electrons. The van der Waals surface area contributed by atoms with Crippen LogP contribution in [0.2, 0.25) is 0 Å². The largest absolute Gasteiger partial charge is 0.467 e. The quantitative estimate of drug-likeness (QED) is 0.0650. The van der Waals surface area contributed by atoms with Gasteiger partial charge in [-0.2, -0.15) is 0 Å². The molecule has 364 valence electrons. The van der Waals surface area contributed by atoms with Crippen molar-refractivity contribution >= 4 is 29.1 Å². The normalized spacial score (nSPS) is 18.9. The summed E-state index contributed by atoms with van der Waals surface area (Å²) in [6, 6.07) is 45.3. The van der Waals surface area contributed by atoms with E-state index in [2.05, 4.69) is 5.32 Å². The predicted molar refractivity (Wildman–Crippen MR) is 261 cm³/mol. The first-order chi connectivity index (χ1) is 33.2. The highest BCUT2D eigenvalue weighted by Gasteiger charge is 2.51. The minimum Gasteiger partial charge on any atom is -0.467 e. The molecule has 1 saturated heterocycles. The predicted octanol–water partition coefficient (Wildman–Crippen LogP) is 10.4. The minimum atomic E-state index is -1.27. The second kappa shape index (κ2) is 23.3. The van der Waals surface area contributed by atoms with Gasteiger partial charge >= 0.3 is 18.2 Å². The fourth-order valence-electron chi connectivity index (χ4n) is 8.34. The number of aromatic nitrogens is 1. The average molecular weight is 941 g/mol. The SMILES string of the molecule is COC(=O)[C@H](Cc1c([C@H]2O[C@H](COCc3ccccc3)[C@@H](OCc3ccccc3)[C@H](OCc3ccccc3)[C@H]2OCc2ccccc2)n(C(=O)OC(C)(C)C)c2ccccc12)NC(=O)OC(C)(C)C. The van der Waals surface area contributed by atoms with Crippen molar-refractivity contribution in [1.82, 2.24) is 9.88 Å². The van der Waals surface area contributed by atoms with Crippen LogP contribution < -0.4 is 5.32 Å². The number of alkyl carbamates (subject to hydrolysis) is 1. The number of amides is 1. The van der Waals surface area contributed by atoms with E-state index in [1.165, 1.54) is 11.7 Å². The van der Waals surface area contributed by atoms with E-state index >= 15 is 0 Å². The number of para-hydroxylation sites is 1. The van der Waals surface area contributed by atoms with E-state index in [9.17, 15) is 14.4 Å². The molecule has 0 saturated carbocycles. The zero-order chi connectivity index (χ0) is 49.0. The van der Waals surface area contributed by atoms with Gasteiger partial charge < -0.3 is 43.2 Å². The number of hydrogen-bond donors (Lipinski definition) is 1. The van der Waals surface area contributed by atoms with Crippen molar-refractivity contribution in [2.75, 3.05) is 13.7 Å². The fourth-order valence-corrected chi connectivity index (χ4v) is 8.34. The number of esters is 1. The molecule has 2 heterocycles. The van der Waals surface area contributed by atoms with Gasteiger partial charge in [0.25, 0.3) is 0 Å². The lowest BCUT2D eigenvalue weighted by Crippen LogP contribution is -2.58. The lowest BCUT2D eigenvalue weighted by atomic mass is 9.89. The Morgan fingerprint density at radius 1 is 0.594 bits per heavy atom. The zero-order valence-electron chi connectivity index (χ0n) is 40.5. The Balaban J connectivity index is 1.44. The second-order valence-corrected chi connectivity index (χ2v) is 19.0. The van der Waals surface area contributed by atoms with Crippen molar-refractivity contribution in [2.24, 2.45) is 0 Å². The number of fused-ring (bicyclic) bond motifs is 1. The van der Waals surface area contributed by atoms with Gasteiger partial charge in [0.1, 0.15) is 47.8 Å². The van der Waals surface area contributed by atoms with Crippen molar-refractivity contribution in [2.45, 2.75) is 122 Å². The van der Waals surface area contributed by atoms with Crippen LogP contribution in [0.3, 0.4) is 0 Å². The number of nitrogens with one attached hydrogen (secondary N) is 1. The topological polar surface area (TPSA) is 142 Å². The summed E-state index contributed by atoms with van der Waals surface area (Å²) in [4.78, 5) is 42.2. The Hall–Kier alpha value is -6.35. The van der Waals surface area contributed by atoms with Crippen molar-refractivity contribution in [3.8, 4) is 0 Å². The molecule has 69 heavy (non-hydrogen) atoms. The summed E-state index contributed by atoms with van der Waals surface area (Å²) in [7, 11) is 1.25. The number of carbonyl (C=O) groups is 3. The van der Waals surface area contributed by atoms with Gasteiger partial charge in [-0.15, -0.1) is 0 Å². The van der Waals surface area contributed by atoms with E-state index in [1.54, 1.807) is 47.6 Å². The van der Waals surface area contributed by atoms with Crippen LogP contribution in [0.4, 0.5) is 9.59 Å². The van der Waals surface area contributed by atoms with Crippen LogP contribution in [0.5, 0.6) is 0 Å². The highest BCUT2D eigenvalue weighted by Crippen LogP contribution is 2.43. The maximum Gasteiger partial charge on any atom is 0.419 e. The molecule has 7 rings (SSSR count). The average Bonchev–Trinajstić information content (AvgIpc) is 3.65. The first-order valence-corrected chi connectivity index (χ1v) is 23.3. The number of nitrogens with zero attached hydrogens (tertiary/aromatic N) is 1. The van der Waals surface area contributed by atoms with Crippen LogP contribution in [0, 0.1) is 0 Å². The first-order valence-electron chi connectivity index (χ1n) is 23.3. The van der Waals surface area contributed by atoms with Gasteiger partial charge in [0.05, 0.1) is 51.4 Å². The van der Waals surface area contributed by atoms with Crippen LogP contribution in [-0.4, -0.2) is 78.1 Å². The zero-order valence-corrected chi connectivity index (χ0v) is 40.5. The highest BCUT2D eigenvalue weighted by atomic mass is 16.6. The van der Waals surface area contributed by atoms with Crippen molar-refractivity contribution in [1.29, 1.82) is 0 Å². The van der Waals surface area contributed by atoms with Crippen LogP contribution in [0.25, 0.3) is 10.9 Å². The lowest BCUT2D eigenvalue weighted by Gasteiger charge is -2.46. The van der Waals surface area contributed by atoms with E-state index in [0.29, 0.717) is 22.2 Å². The van der Waals surface area contributed by atoms with Gasteiger partial charge in [-0.1, -0.05) is 140 Å². The molecule has 1 fully saturated rings. The van der Waals surface area contributed by atoms with Crippen LogP contribution >= 0.6 is 0 Å². The Morgan fingerprint density at radius 3 is 1.57 bits per heavy atom. The standard InChI is InChI=1S/C56H64N2O11/c1-55(2,3)68-53(60)57-44(52(59)62-7)32-43-42-30-20-21-31-45(42)58(54(61)69-56(4,5)6)47(43)49-51(66-36-41-28-18-11-19-29-41)50(65-35-40-26-16-10-17-27-40)48(64-34-39-24-14-9-15-25-39)46(67-49)37-63-33-38-22-12-8-13-23-38/h8-31,44,46,48-51H,32-37H2,1-7H3,(H,57,60)/t44-,46+,48+,49+,50-,51-/m0/s1. The minimum absolute atomic E-state index is 0.0500. The monoisotopic (exact) mass is 940 g/mol. The number of ether oxygens (including phenoxy) is 8. The third-order valence-corrected chi connectivity index (χ3v) is 11.3. The van der Waals surface area contributed by atoms with E-state index in [0.717, 1.165) is 22.3 Å². The molecular formula is C56H64N2O11. The number of carbonyl (C=O) groups excluding carboxylic acids is 3. The Bertz CT molecular complexity index is 2570. The smallest absolute Gasteiger partial charge is 0.419 e. The molecule has 13 nitrogen and oxygen atoms in total. The molecule has 1 N–H and O–H groups in total. The van der Waals surface area contributed by atoms with Crippen molar-refractivity contribution < 1.29 is 52.3 Å². The molecule has 1 aromatic heterocycles. The Labute approximate surface area is 404 Å². The Kier molecular flexibility index (Phi) is 17.1. The maximum absolute atomic E-state index is 15.0. The van der Waals surface area contributed by atoms with E-state index in [1.807, 2.05) is 140 Å². The van der Waals surface area contributed by atoms with Gasteiger partial charge in [-0.3, -0.25) is 0 Å². The molecule has 0 unspecified atom stereocenters. The molecule has 1 aliphatic heterocycles. The van der Waals surface area contributed by atoms with Crippen LogP contribution in [-0.2, 0) is 75.5 Å². The molecule has 1 aliphatic rings. The summed E-state index contributed by atoms with van der Waals surface area (Å²) < 4.78 is 53.6. The second-order valence-electron chi connectivity index (χ2n) is 19.0. The van der Waals surface area contributed by atoms with E-state index < -0.39 is 65.9 Å². The van der Waals surface area contributed by atoms with Gasteiger partial charge in [-0.25, -0.2) is 19.0 Å². The summed E-state index contributed by atoms with van der Waals surface area (Å²) in [5.74, 6) is -0.729. The van der Waals surface area contributed by atoms with Gasteiger partial charge in [0.2, 0.25) is 0 Å². The van der Waals surface area contributed by atoms with Crippen molar-refractivity contribution in [3.05, 3.63) is 179 Å². The molecule has 1 amide bonds. The third kappa shape index (κ3) is 13.9. The molecule has 6 aromatic rings. The van der Waals surface area contributed by atoms with Gasteiger partial charge in [0, 0.05) is 11.8 Å². The van der Waals surface area contributed by atoms with Crippen LogP contribution in [0.1, 0.15) is 81.2 Å². The number of methoxy groups -OCH3 is 1. The van der Waals surface area contributed by atoms with Crippen LogP contribution in [0.15, 0.2) is 146 Å². The van der Waals surface area contributed by atoms with E-state index in [4.69, 9.17) is 37.9 Å². The summed E-state index contributed by atoms with van der Waals surface area (Å²) in [6.07, 6.45) is -6.25. The summed E-state index contributed by atoms with van der Waals surface area (Å²) in [5, 5.41) is 3.34. The van der Waals surface area contributed by atoms with Crippen molar-refractivity contribution in [3.63, 3.8) is 0 Å². The number of hydrogen-bond acceptors (Lipinski definition) is 11. The van der Waals surface area contributed by atoms with Gasteiger partial charge in [0.15, 0.2) is 0 Å². The lowest BCUT2D eigenvalue weighted by molar-refractivity contribution is -0.276. The summed E-state index contributed by atoms with van der Waals surface area (Å²) in [6.45, 7) is 11.4. The molecule has 0 bridgehead atoms. The summed E-state index contributed by atoms with van der Waals surface area (Å²) in [5.41, 5.74) is 3.21. The fraction of sp³-hybridized carbons (Fsp3) is 0.375. The molecule has 6 atom stereocenters. The first kappa shape index (κ1) is 50.5. The third-order valence-electron chi connectivity index (χ3n) is 11.3. The highest BCUT2D eigenvalue weighted by molar-refractivity contribution is 5.95. The molecule has 13 heteroatoms. The molecule has 0 spiro atoms.